The number of esters is 1. The van der Waals surface area contributed by atoms with Crippen LogP contribution in [0.1, 0.15) is 36.2 Å². The summed E-state index contributed by atoms with van der Waals surface area (Å²) >= 11 is 5.98. The molecule has 2 aromatic carbocycles. The van der Waals surface area contributed by atoms with Crippen LogP contribution in [-0.2, 0) is 9.53 Å². The number of halogens is 1. The topological polar surface area (TPSA) is 64.6 Å². The van der Waals surface area contributed by atoms with Crippen molar-refractivity contribution in [2.75, 3.05) is 11.9 Å². The molecule has 0 heterocycles. The summed E-state index contributed by atoms with van der Waals surface area (Å²) < 4.78 is 10.7. The normalized spacial score (nSPS) is 11.5. The molecule has 0 saturated heterocycles. The largest absolute Gasteiger partial charge is 0.481 e. The standard InChI is InChI=1S/C20H22ClNO4/c1-4-11-25-20(24)15-5-7-16(8-6-15)22-19(23)14(3)26-17-9-10-18(21)13(2)12-17/h5-10,12,14H,4,11H2,1-3H3,(H,22,23). The molecule has 0 aliphatic heterocycles. The third-order valence-corrected chi connectivity index (χ3v) is 4.06. The first-order valence-electron chi connectivity index (χ1n) is 8.41. The molecular formula is C20H22ClNO4. The van der Waals surface area contributed by atoms with E-state index in [1.54, 1.807) is 49.4 Å². The Morgan fingerprint density at radius 1 is 1.15 bits per heavy atom. The van der Waals surface area contributed by atoms with E-state index in [0.29, 0.717) is 28.6 Å². The molecule has 0 saturated carbocycles. The fourth-order valence-corrected chi connectivity index (χ4v) is 2.28. The van der Waals surface area contributed by atoms with Crippen molar-refractivity contribution in [2.24, 2.45) is 0 Å². The fourth-order valence-electron chi connectivity index (χ4n) is 2.16. The molecule has 138 valence electrons. The van der Waals surface area contributed by atoms with Crippen molar-refractivity contribution in [1.29, 1.82) is 0 Å². The van der Waals surface area contributed by atoms with Crippen LogP contribution in [0.2, 0.25) is 5.02 Å². The first-order chi connectivity index (χ1) is 12.4. The maximum atomic E-state index is 12.3. The highest BCUT2D eigenvalue weighted by Crippen LogP contribution is 2.22. The second-order valence-corrected chi connectivity index (χ2v) is 6.28. The molecule has 0 aliphatic carbocycles. The van der Waals surface area contributed by atoms with E-state index in [4.69, 9.17) is 21.1 Å². The maximum absolute atomic E-state index is 12.3. The van der Waals surface area contributed by atoms with Crippen molar-refractivity contribution in [3.8, 4) is 5.75 Å². The number of hydrogen-bond donors (Lipinski definition) is 1. The molecule has 2 rings (SSSR count). The fraction of sp³-hybridized carbons (Fsp3) is 0.300. The zero-order valence-electron chi connectivity index (χ0n) is 15.0. The van der Waals surface area contributed by atoms with Crippen LogP contribution in [-0.4, -0.2) is 24.6 Å². The lowest BCUT2D eigenvalue weighted by Gasteiger charge is -2.15. The summed E-state index contributed by atoms with van der Waals surface area (Å²) in [4.78, 5) is 24.0. The Bertz CT molecular complexity index is 774. The van der Waals surface area contributed by atoms with E-state index >= 15 is 0 Å². The van der Waals surface area contributed by atoms with Crippen LogP contribution < -0.4 is 10.1 Å². The minimum atomic E-state index is -0.690. The van der Waals surface area contributed by atoms with Crippen LogP contribution in [0.25, 0.3) is 0 Å². The Morgan fingerprint density at radius 2 is 1.85 bits per heavy atom. The lowest BCUT2D eigenvalue weighted by molar-refractivity contribution is -0.122. The molecule has 1 amide bonds. The predicted octanol–water partition coefficient (Wildman–Crippen LogP) is 4.62. The van der Waals surface area contributed by atoms with Crippen molar-refractivity contribution in [3.05, 3.63) is 58.6 Å². The molecule has 6 heteroatoms. The average Bonchev–Trinajstić information content (AvgIpc) is 2.63. The summed E-state index contributed by atoms with van der Waals surface area (Å²) in [5.41, 5.74) is 1.89. The van der Waals surface area contributed by atoms with Gasteiger partial charge in [-0.25, -0.2) is 4.79 Å². The first kappa shape index (κ1) is 19.8. The van der Waals surface area contributed by atoms with Gasteiger partial charge in [0, 0.05) is 10.7 Å². The summed E-state index contributed by atoms with van der Waals surface area (Å²) in [6, 6.07) is 11.8. The van der Waals surface area contributed by atoms with Gasteiger partial charge < -0.3 is 14.8 Å². The van der Waals surface area contributed by atoms with Gasteiger partial charge in [-0.05, 0) is 68.3 Å². The van der Waals surface area contributed by atoms with Crippen molar-refractivity contribution < 1.29 is 19.1 Å². The molecule has 0 bridgehead atoms. The molecule has 1 N–H and O–H groups in total. The average molecular weight is 376 g/mol. The van der Waals surface area contributed by atoms with Crippen LogP contribution in [0.4, 0.5) is 5.69 Å². The van der Waals surface area contributed by atoms with Gasteiger partial charge in [-0.1, -0.05) is 18.5 Å². The number of nitrogens with one attached hydrogen (secondary N) is 1. The van der Waals surface area contributed by atoms with Crippen LogP contribution >= 0.6 is 11.6 Å². The Balaban J connectivity index is 1.93. The van der Waals surface area contributed by atoms with Gasteiger partial charge in [0.1, 0.15) is 5.75 Å². The smallest absolute Gasteiger partial charge is 0.338 e. The summed E-state index contributed by atoms with van der Waals surface area (Å²) in [5, 5.41) is 3.40. The van der Waals surface area contributed by atoms with Gasteiger partial charge in [-0.3, -0.25) is 4.79 Å². The van der Waals surface area contributed by atoms with Crippen LogP contribution in [0.3, 0.4) is 0 Å². The maximum Gasteiger partial charge on any atom is 0.338 e. The third-order valence-electron chi connectivity index (χ3n) is 3.64. The molecule has 0 fully saturated rings. The van der Waals surface area contributed by atoms with E-state index < -0.39 is 6.10 Å². The Hall–Kier alpha value is -2.53. The van der Waals surface area contributed by atoms with E-state index in [9.17, 15) is 9.59 Å². The third kappa shape index (κ3) is 5.49. The minimum absolute atomic E-state index is 0.293. The Morgan fingerprint density at radius 3 is 2.46 bits per heavy atom. The number of carbonyl (C=O) groups excluding carboxylic acids is 2. The molecule has 2 aromatic rings. The number of aryl methyl sites for hydroxylation is 1. The highest BCUT2D eigenvalue weighted by molar-refractivity contribution is 6.31. The highest BCUT2D eigenvalue weighted by Gasteiger charge is 2.16. The zero-order chi connectivity index (χ0) is 19.1. The van der Waals surface area contributed by atoms with Crippen LogP contribution in [0, 0.1) is 6.92 Å². The number of carbonyl (C=O) groups is 2. The highest BCUT2D eigenvalue weighted by atomic mass is 35.5. The SMILES string of the molecule is CCCOC(=O)c1ccc(NC(=O)C(C)Oc2ccc(Cl)c(C)c2)cc1. The molecule has 0 aliphatic rings. The lowest BCUT2D eigenvalue weighted by Crippen LogP contribution is -2.30. The summed E-state index contributed by atoms with van der Waals surface area (Å²) in [5.74, 6) is -0.0954. The first-order valence-corrected chi connectivity index (χ1v) is 8.79. The van der Waals surface area contributed by atoms with E-state index in [0.717, 1.165) is 12.0 Å². The number of benzene rings is 2. The summed E-state index contributed by atoms with van der Waals surface area (Å²) in [6.45, 7) is 5.85. The van der Waals surface area contributed by atoms with Gasteiger partial charge >= 0.3 is 5.97 Å². The van der Waals surface area contributed by atoms with E-state index in [1.165, 1.54) is 0 Å². The molecule has 0 spiro atoms. The van der Waals surface area contributed by atoms with Gasteiger partial charge in [0.25, 0.3) is 5.91 Å². The van der Waals surface area contributed by atoms with Crippen LogP contribution in [0.15, 0.2) is 42.5 Å². The number of rotatable bonds is 7. The second-order valence-electron chi connectivity index (χ2n) is 5.87. The summed E-state index contributed by atoms with van der Waals surface area (Å²) in [6.07, 6.45) is 0.0787. The van der Waals surface area contributed by atoms with Crippen molar-refractivity contribution in [3.63, 3.8) is 0 Å². The molecule has 0 aromatic heterocycles. The number of anilines is 1. The van der Waals surface area contributed by atoms with Gasteiger partial charge in [0.15, 0.2) is 6.10 Å². The van der Waals surface area contributed by atoms with E-state index in [2.05, 4.69) is 5.32 Å². The molecular weight excluding hydrogens is 354 g/mol. The van der Waals surface area contributed by atoms with Gasteiger partial charge in [0.2, 0.25) is 0 Å². The van der Waals surface area contributed by atoms with Gasteiger partial charge in [-0.15, -0.1) is 0 Å². The van der Waals surface area contributed by atoms with Crippen LogP contribution in [0.5, 0.6) is 5.75 Å². The van der Waals surface area contributed by atoms with Gasteiger partial charge in [-0.2, -0.15) is 0 Å². The molecule has 1 unspecified atom stereocenters. The van der Waals surface area contributed by atoms with Crippen molar-refractivity contribution in [1.82, 2.24) is 0 Å². The van der Waals surface area contributed by atoms with Crippen molar-refractivity contribution in [2.45, 2.75) is 33.3 Å². The Kier molecular flexibility index (Phi) is 7.04. The zero-order valence-corrected chi connectivity index (χ0v) is 15.8. The van der Waals surface area contributed by atoms with E-state index in [1.807, 2.05) is 13.8 Å². The molecule has 5 nitrogen and oxygen atoms in total. The minimum Gasteiger partial charge on any atom is -0.481 e. The Labute approximate surface area is 158 Å². The molecule has 26 heavy (non-hydrogen) atoms. The molecule has 0 radical (unpaired) electrons. The van der Waals surface area contributed by atoms with Crippen molar-refractivity contribution >= 4 is 29.2 Å². The predicted molar refractivity (Wildman–Crippen MR) is 102 cm³/mol. The second kappa shape index (κ2) is 9.25. The number of ether oxygens (including phenoxy) is 2. The quantitative estimate of drug-likeness (QED) is 0.717. The molecule has 1 atom stereocenters. The number of amides is 1. The number of hydrogen-bond acceptors (Lipinski definition) is 4. The van der Waals surface area contributed by atoms with Gasteiger partial charge in [0.05, 0.1) is 12.2 Å². The monoisotopic (exact) mass is 375 g/mol. The summed E-state index contributed by atoms with van der Waals surface area (Å²) in [7, 11) is 0. The van der Waals surface area contributed by atoms with E-state index in [-0.39, 0.29) is 11.9 Å². The lowest BCUT2D eigenvalue weighted by atomic mass is 10.2.